The van der Waals surface area contributed by atoms with Gasteiger partial charge in [-0.25, -0.2) is 0 Å². The minimum absolute atomic E-state index is 0.934. The molecular weight excluding hydrogens is 324 g/mol. The first-order valence-electron chi connectivity index (χ1n) is 8.07. The molecule has 0 saturated heterocycles. The van der Waals surface area contributed by atoms with Gasteiger partial charge in [0.2, 0.25) is 0 Å². The number of pyridine rings is 1. The van der Waals surface area contributed by atoms with Crippen molar-refractivity contribution in [1.82, 2.24) is 4.98 Å². The molecule has 0 N–H and O–H groups in total. The zero-order valence-corrected chi connectivity index (χ0v) is 14.4. The third-order valence-electron chi connectivity index (χ3n) is 3.95. The molecule has 25 heavy (non-hydrogen) atoms. The molecule has 4 rings (SSSR count). The number of para-hydroxylation sites is 1. The highest BCUT2D eigenvalue weighted by Crippen LogP contribution is 2.28. The molecule has 0 aliphatic rings. The third kappa shape index (κ3) is 3.57. The van der Waals surface area contributed by atoms with E-state index in [1.54, 1.807) is 11.3 Å². The average molecular weight is 340 g/mol. The molecule has 2 heterocycles. The summed E-state index contributed by atoms with van der Waals surface area (Å²) in [6.07, 6.45) is 3.80. The van der Waals surface area contributed by atoms with E-state index in [-0.39, 0.29) is 0 Å². The summed E-state index contributed by atoms with van der Waals surface area (Å²) in [7, 11) is 0. The summed E-state index contributed by atoms with van der Waals surface area (Å²) in [4.78, 5) is 9.23. The van der Waals surface area contributed by atoms with E-state index in [0.717, 1.165) is 33.6 Å². The van der Waals surface area contributed by atoms with Crippen molar-refractivity contribution in [2.45, 2.75) is 0 Å². The number of benzene rings is 2. The first-order valence-corrected chi connectivity index (χ1v) is 9.01. The van der Waals surface area contributed by atoms with Crippen molar-refractivity contribution >= 4 is 23.2 Å². The molecule has 0 fully saturated rings. The van der Waals surface area contributed by atoms with Crippen molar-refractivity contribution < 1.29 is 0 Å². The normalized spacial score (nSPS) is 11.0. The van der Waals surface area contributed by atoms with Gasteiger partial charge in [-0.05, 0) is 40.8 Å². The van der Waals surface area contributed by atoms with Crippen LogP contribution >= 0.6 is 11.3 Å². The van der Waals surface area contributed by atoms with Gasteiger partial charge in [-0.15, -0.1) is 0 Å². The van der Waals surface area contributed by atoms with Gasteiger partial charge in [-0.1, -0.05) is 48.5 Å². The first-order chi connectivity index (χ1) is 12.4. The maximum Gasteiger partial charge on any atom is 0.0716 e. The van der Waals surface area contributed by atoms with E-state index in [1.165, 1.54) is 0 Å². The minimum atomic E-state index is 0.934. The van der Waals surface area contributed by atoms with Crippen LogP contribution in [-0.4, -0.2) is 11.2 Å². The largest absolute Gasteiger partial charge is 0.256 e. The van der Waals surface area contributed by atoms with Crippen LogP contribution < -0.4 is 0 Å². The van der Waals surface area contributed by atoms with Crippen molar-refractivity contribution in [2.75, 3.05) is 0 Å². The Balaban J connectivity index is 1.79. The lowest BCUT2D eigenvalue weighted by atomic mass is 10.00. The van der Waals surface area contributed by atoms with Crippen LogP contribution in [0, 0.1) is 0 Å². The highest BCUT2D eigenvalue weighted by molar-refractivity contribution is 7.08. The van der Waals surface area contributed by atoms with Crippen molar-refractivity contribution in [2.24, 2.45) is 4.99 Å². The number of rotatable bonds is 4. The molecule has 0 atom stereocenters. The predicted molar refractivity (Wildman–Crippen MR) is 107 cm³/mol. The van der Waals surface area contributed by atoms with Crippen LogP contribution in [0.2, 0.25) is 0 Å². The number of aliphatic imine (C=N–C) groups is 1. The quantitative estimate of drug-likeness (QED) is 0.404. The second-order valence-corrected chi connectivity index (χ2v) is 6.41. The highest BCUT2D eigenvalue weighted by atomic mass is 32.1. The van der Waals surface area contributed by atoms with Gasteiger partial charge in [0.1, 0.15) is 0 Å². The lowest BCUT2D eigenvalue weighted by Crippen LogP contribution is -1.92. The molecule has 0 amide bonds. The third-order valence-corrected chi connectivity index (χ3v) is 4.63. The number of aromatic nitrogens is 1. The molecule has 0 aliphatic carbocycles. The summed E-state index contributed by atoms with van der Waals surface area (Å²) in [5.74, 6) is 0. The molecular formula is C22H16N2S. The number of thiophene rings is 1. The Morgan fingerprint density at radius 2 is 1.60 bits per heavy atom. The van der Waals surface area contributed by atoms with Crippen LogP contribution in [0.25, 0.3) is 22.4 Å². The Bertz CT molecular complexity index is 975. The molecule has 3 heteroatoms. The van der Waals surface area contributed by atoms with Crippen molar-refractivity contribution in [3.63, 3.8) is 0 Å². The van der Waals surface area contributed by atoms with Crippen LogP contribution in [0.5, 0.6) is 0 Å². The van der Waals surface area contributed by atoms with Crippen LogP contribution in [0.3, 0.4) is 0 Å². The summed E-state index contributed by atoms with van der Waals surface area (Å²) >= 11 is 1.68. The zero-order valence-electron chi connectivity index (χ0n) is 13.5. The molecule has 0 bridgehead atoms. The van der Waals surface area contributed by atoms with Gasteiger partial charge in [0.15, 0.2) is 0 Å². The Morgan fingerprint density at radius 3 is 2.32 bits per heavy atom. The predicted octanol–water partition coefficient (Wildman–Crippen LogP) is 6.23. The molecule has 0 spiro atoms. The second-order valence-electron chi connectivity index (χ2n) is 5.63. The first kappa shape index (κ1) is 15.5. The van der Waals surface area contributed by atoms with Gasteiger partial charge in [0.25, 0.3) is 0 Å². The summed E-state index contributed by atoms with van der Waals surface area (Å²) in [6.45, 7) is 0. The van der Waals surface area contributed by atoms with Crippen LogP contribution in [0.4, 0.5) is 5.69 Å². The van der Waals surface area contributed by atoms with Gasteiger partial charge in [-0.2, -0.15) is 11.3 Å². The highest BCUT2D eigenvalue weighted by Gasteiger charge is 2.08. The van der Waals surface area contributed by atoms with Gasteiger partial charge >= 0.3 is 0 Å². The van der Waals surface area contributed by atoms with Crippen LogP contribution in [-0.2, 0) is 0 Å². The van der Waals surface area contributed by atoms with Gasteiger partial charge < -0.3 is 0 Å². The van der Waals surface area contributed by atoms with E-state index >= 15 is 0 Å². The molecule has 120 valence electrons. The lowest BCUT2D eigenvalue weighted by molar-refractivity contribution is 1.32. The fourth-order valence-electron chi connectivity index (χ4n) is 2.66. The summed E-state index contributed by atoms with van der Waals surface area (Å²) in [5, 5.41) is 4.19. The van der Waals surface area contributed by atoms with Crippen molar-refractivity contribution in [1.29, 1.82) is 0 Å². The Morgan fingerprint density at radius 1 is 0.840 bits per heavy atom. The van der Waals surface area contributed by atoms with E-state index in [9.17, 15) is 0 Å². The lowest BCUT2D eigenvalue weighted by Gasteiger charge is -2.08. The van der Waals surface area contributed by atoms with Gasteiger partial charge in [-0.3, -0.25) is 9.98 Å². The van der Waals surface area contributed by atoms with Crippen LogP contribution in [0.15, 0.2) is 94.7 Å². The standard InChI is InChI=1S/C22H16N2S/c1-3-7-17(8-4-1)21-13-22(18-11-12-25-16-18)24-15-19(21)14-23-20-9-5-2-6-10-20/h1-16H. The molecule has 0 radical (unpaired) electrons. The average Bonchev–Trinajstić information content (AvgIpc) is 3.23. The SMILES string of the molecule is C(=Nc1ccccc1)c1cnc(-c2ccsc2)cc1-c1ccccc1. The fraction of sp³-hybridized carbons (Fsp3) is 0. The van der Waals surface area contributed by atoms with Crippen LogP contribution in [0.1, 0.15) is 5.56 Å². The number of hydrogen-bond acceptors (Lipinski definition) is 3. The summed E-state index contributed by atoms with van der Waals surface area (Å²) in [6, 6.07) is 24.6. The number of hydrogen-bond donors (Lipinski definition) is 0. The smallest absolute Gasteiger partial charge is 0.0716 e. The van der Waals surface area contributed by atoms with E-state index in [4.69, 9.17) is 0 Å². The van der Waals surface area contributed by atoms with E-state index in [0.29, 0.717) is 0 Å². The molecule has 2 aromatic heterocycles. The minimum Gasteiger partial charge on any atom is -0.256 e. The topological polar surface area (TPSA) is 25.2 Å². The molecule has 0 saturated carbocycles. The molecule has 0 unspecified atom stereocenters. The zero-order chi connectivity index (χ0) is 16.9. The van der Waals surface area contributed by atoms with Crippen molar-refractivity contribution in [3.05, 3.63) is 95.3 Å². The van der Waals surface area contributed by atoms with E-state index in [2.05, 4.69) is 57.1 Å². The Hall–Kier alpha value is -3.04. The summed E-state index contributed by atoms with van der Waals surface area (Å²) < 4.78 is 0. The molecule has 2 nitrogen and oxygen atoms in total. The monoisotopic (exact) mass is 340 g/mol. The second kappa shape index (κ2) is 7.24. The Kier molecular flexibility index (Phi) is 4.49. The molecule has 4 aromatic rings. The molecule has 2 aromatic carbocycles. The number of nitrogens with zero attached hydrogens (tertiary/aromatic N) is 2. The Labute approximate surface area is 151 Å². The van der Waals surface area contributed by atoms with E-state index in [1.807, 2.05) is 48.8 Å². The van der Waals surface area contributed by atoms with E-state index < -0.39 is 0 Å². The maximum absolute atomic E-state index is 4.64. The van der Waals surface area contributed by atoms with Gasteiger partial charge in [0.05, 0.1) is 11.4 Å². The fourth-order valence-corrected chi connectivity index (χ4v) is 3.31. The van der Waals surface area contributed by atoms with Gasteiger partial charge in [0, 0.05) is 28.9 Å². The van der Waals surface area contributed by atoms with Crippen molar-refractivity contribution in [3.8, 4) is 22.4 Å². The molecule has 0 aliphatic heterocycles. The summed E-state index contributed by atoms with van der Waals surface area (Å²) in [5.41, 5.74) is 6.37. The maximum atomic E-state index is 4.64.